The maximum Gasteiger partial charge on any atom is 0.357 e. The van der Waals surface area contributed by atoms with Crippen molar-refractivity contribution in [3.63, 3.8) is 0 Å². The standard InChI is InChI=1S/C14H21Cl3F6O2Si/c1-9(2)12(19,11(24)25)14(22,23)13(20,21)10(18)7-5-3-4-6-8-26(15,16)17/h9-10H,3-8H2,1-2H3,(H,24,25). The third kappa shape index (κ3) is 6.07. The Labute approximate surface area is 163 Å². The van der Waals surface area contributed by atoms with Crippen molar-refractivity contribution in [2.75, 3.05) is 0 Å². The highest BCUT2D eigenvalue weighted by Gasteiger charge is 2.77. The summed E-state index contributed by atoms with van der Waals surface area (Å²) in [7, 11) is 0. The number of halogens is 9. The zero-order valence-electron chi connectivity index (χ0n) is 14.2. The Morgan fingerprint density at radius 3 is 1.85 bits per heavy atom. The fourth-order valence-electron chi connectivity index (χ4n) is 2.37. The third-order valence-corrected chi connectivity index (χ3v) is 6.66. The Morgan fingerprint density at radius 2 is 1.46 bits per heavy atom. The summed E-state index contributed by atoms with van der Waals surface area (Å²) in [5.41, 5.74) is -4.60. The Hall–Kier alpha value is 0.137. The van der Waals surface area contributed by atoms with Gasteiger partial charge in [0.25, 0.3) is 5.67 Å². The van der Waals surface area contributed by atoms with Crippen LogP contribution in [0.25, 0.3) is 0 Å². The predicted octanol–water partition coefficient (Wildman–Crippen LogP) is 6.65. The van der Waals surface area contributed by atoms with Crippen LogP contribution >= 0.6 is 33.2 Å². The minimum absolute atomic E-state index is 0.178. The van der Waals surface area contributed by atoms with E-state index in [9.17, 15) is 31.1 Å². The summed E-state index contributed by atoms with van der Waals surface area (Å²) in [6, 6.07) is -2.49. The van der Waals surface area contributed by atoms with Crippen LogP contribution in [0.4, 0.5) is 26.3 Å². The van der Waals surface area contributed by atoms with Crippen molar-refractivity contribution in [2.45, 2.75) is 75.7 Å². The van der Waals surface area contributed by atoms with Crippen LogP contribution < -0.4 is 0 Å². The number of carboxylic acids is 1. The topological polar surface area (TPSA) is 37.3 Å². The summed E-state index contributed by atoms with van der Waals surface area (Å²) >= 11 is 16.9. The van der Waals surface area contributed by atoms with Gasteiger partial charge in [-0.3, -0.25) is 0 Å². The number of alkyl halides is 6. The van der Waals surface area contributed by atoms with Crippen molar-refractivity contribution in [3.8, 4) is 0 Å². The lowest BCUT2D eigenvalue weighted by atomic mass is 9.81. The van der Waals surface area contributed by atoms with Crippen LogP contribution in [0.1, 0.15) is 46.0 Å². The smallest absolute Gasteiger partial charge is 0.357 e. The van der Waals surface area contributed by atoms with E-state index in [0.717, 1.165) is 0 Å². The van der Waals surface area contributed by atoms with Gasteiger partial charge in [-0.2, -0.15) is 17.6 Å². The summed E-state index contributed by atoms with van der Waals surface area (Å²) in [5.74, 6) is -16.0. The molecule has 26 heavy (non-hydrogen) atoms. The quantitative estimate of drug-likeness (QED) is 0.150. The minimum Gasteiger partial charge on any atom is -0.479 e. The lowest BCUT2D eigenvalue weighted by molar-refractivity contribution is -0.298. The van der Waals surface area contributed by atoms with Gasteiger partial charge in [0.2, 0.25) is 0 Å². The molecule has 0 aliphatic rings. The van der Waals surface area contributed by atoms with Gasteiger partial charge in [0.1, 0.15) is 0 Å². The van der Waals surface area contributed by atoms with Crippen LogP contribution in [-0.4, -0.2) is 40.8 Å². The highest BCUT2D eigenvalue weighted by atomic mass is 35.8. The van der Waals surface area contributed by atoms with Crippen molar-refractivity contribution in [2.24, 2.45) is 5.92 Å². The van der Waals surface area contributed by atoms with Crippen molar-refractivity contribution in [1.29, 1.82) is 0 Å². The molecule has 0 aromatic rings. The molecule has 0 aliphatic carbocycles. The van der Waals surface area contributed by atoms with E-state index in [2.05, 4.69) is 0 Å². The third-order valence-electron chi connectivity index (χ3n) is 4.04. The molecule has 156 valence electrons. The second kappa shape index (κ2) is 9.56. The summed E-state index contributed by atoms with van der Waals surface area (Å²) < 4.78 is 83.7. The maximum atomic E-state index is 14.2. The minimum atomic E-state index is -5.72. The number of hydrogen-bond donors (Lipinski definition) is 1. The van der Waals surface area contributed by atoms with E-state index < -0.39 is 48.0 Å². The number of aliphatic carboxylic acids is 1. The van der Waals surface area contributed by atoms with Crippen LogP contribution in [0.15, 0.2) is 0 Å². The van der Waals surface area contributed by atoms with Gasteiger partial charge in [0, 0.05) is 5.92 Å². The van der Waals surface area contributed by atoms with E-state index in [-0.39, 0.29) is 12.8 Å². The predicted molar refractivity (Wildman–Crippen MR) is 92.3 cm³/mol. The molecular weight excluding hydrogens is 449 g/mol. The first-order valence-corrected chi connectivity index (χ1v) is 13.1. The molecule has 2 nitrogen and oxygen atoms in total. The monoisotopic (exact) mass is 468 g/mol. The van der Waals surface area contributed by atoms with Gasteiger partial charge in [-0.1, -0.05) is 39.5 Å². The average molecular weight is 470 g/mol. The first-order chi connectivity index (χ1) is 11.5. The molecule has 0 aromatic heterocycles. The van der Waals surface area contributed by atoms with Crippen molar-refractivity contribution >= 4 is 45.2 Å². The van der Waals surface area contributed by atoms with Crippen LogP contribution in [0.3, 0.4) is 0 Å². The molecular formula is C14H21Cl3F6O2Si. The van der Waals surface area contributed by atoms with E-state index in [1.807, 2.05) is 0 Å². The molecule has 0 spiro atoms. The van der Waals surface area contributed by atoms with Crippen LogP contribution in [0.5, 0.6) is 0 Å². The molecule has 0 saturated carbocycles. The molecule has 2 atom stereocenters. The molecule has 0 heterocycles. The Bertz CT molecular complexity index is 476. The fourth-order valence-corrected chi connectivity index (χ4v) is 4.22. The van der Waals surface area contributed by atoms with Crippen molar-refractivity contribution < 1.29 is 36.2 Å². The fraction of sp³-hybridized carbons (Fsp3) is 0.929. The first-order valence-electron chi connectivity index (χ1n) is 7.90. The van der Waals surface area contributed by atoms with E-state index in [4.69, 9.17) is 38.3 Å². The number of carbonyl (C=O) groups is 1. The van der Waals surface area contributed by atoms with Gasteiger partial charge in [-0.25, -0.2) is 13.6 Å². The molecule has 0 radical (unpaired) electrons. The summed E-state index contributed by atoms with van der Waals surface area (Å²) in [6.45, 7) is 1.42. The lowest BCUT2D eigenvalue weighted by Gasteiger charge is -2.38. The Balaban J connectivity index is 4.89. The van der Waals surface area contributed by atoms with Gasteiger partial charge in [0.05, 0.1) is 0 Å². The van der Waals surface area contributed by atoms with E-state index in [1.165, 1.54) is 0 Å². The van der Waals surface area contributed by atoms with Crippen LogP contribution in [0, 0.1) is 5.92 Å². The second-order valence-corrected chi connectivity index (χ2v) is 15.7. The van der Waals surface area contributed by atoms with Crippen molar-refractivity contribution in [3.05, 3.63) is 0 Å². The largest absolute Gasteiger partial charge is 0.479 e. The van der Waals surface area contributed by atoms with Gasteiger partial charge in [0.15, 0.2) is 6.17 Å². The molecule has 0 amide bonds. The SMILES string of the molecule is CC(C)C(F)(C(=O)O)C(F)(F)C(F)(F)C(F)CCCCCC[Si](Cl)(Cl)Cl. The number of rotatable bonds is 12. The molecule has 1 N–H and O–H groups in total. The highest BCUT2D eigenvalue weighted by Crippen LogP contribution is 2.51. The molecule has 0 aliphatic heterocycles. The number of carboxylic acid groups (broad SMARTS) is 1. The molecule has 0 fully saturated rings. The molecule has 12 heteroatoms. The molecule has 2 unspecified atom stereocenters. The van der Waals surface area contributed by atoms with Crippen LogP contribution in [0.2, 0.25) is 6.04 Å². The average Bonchev–Trinajstić information content (AvgIpc) is 2.47. The van der Waals surface area contributed by atoms with Gasteiger partial charge in [-0.05, 0) is 12.5 Å². The Kier molecular flexibility index (Phi) is 9.61. The van der Waals surface area contributed by atoms with Gasteiger partial charge >= 0.3 is 23.8 Å². The van der Waals surface area contributed by atoms with Crippen molar-refractivity contribution in [1.82, 2.24) is 0 Å². The summed E-state index contributed by atoms with van der Waals surface area (Å²) in [5, 5.41) is 8.68. The zero-order valence-corrected chi connectivity index (χ0v) is 17.4. The Morgan fingerprint density at radius 1 is 1.00 bits per heavy atom. The second-order valence-electron chi connectivity index (χ2n) is 6.40. The van der Waals surface area contributed by atoms with Crippen LogP contribution in [-0.2, 0) is 4.79 Å². The van der Waals surface area contributed by atoms with E-state index in [0.29, 0.717) is 32.7 Å². The molecule has 0 aromatic carbocycles. The molecule has 0 rings (SSSR count). The lowest BCUT2D eigenvalue weighted by Crippen LogP contribution is -2.65. The number of hydrogen-bond acceptors (Lipinski definition) is 1. The maximum absolute atomic E-state index is 14.2. The van der Waals surface area contributed by atoms with Gasteiger partial charge in [-0.15, -0.1) is 33.2 Å². The zero-order chi connectivity index (χ0) is 21.0. The summed E-state index contributed by atoms with van der Waals surface area (Å²) in [6.07, 6.45) is -3.44. The first kappa shape index (κ1) is 26.1. The summed E-state index contributed by atoms with van der Waals surface area (Å²) in [4.78, 5) is 10.9. The highest BCUT2D eigenvalue weighted by molar-refractivity contribution is 7.64. The molecule has 0 saturated heterocycles. The van der Waals surface area contributed by atoms with E-state index >= 15 is 0 Å². The normalized spacial score (nSPS) is 17.2. The van der Waals surface area contributed by atoms with E-state index in [1.54, 1.807) is 0 Å². The number of unbranched alkanes of at least 4 members (excludes halogenated alkanes) is 3. The van der Waals surface area contributed by atoms with Gasteiger partial charge < -0.3 is 5.11 Å². The molecule has 0 bridgehead atoms.